The molecule has 1 aromatic carbocycles. The molecule has 0 spiro atoms. The molecule has 0 heterocycles. The highest BCUT2D eigenvalue weighted by molar-refractivity contribution is 5.77. The van der Waals surface area contributed by atoms with Crippen LogP contribution in [0.5, 0.6) is 0 Å². The first-order valence-corrected chi connectivity index (χ1v) is 6.36. The summed E-state index contributed by atoms with van der Waals surface area (Å²) in [6.07, 6.45) is 2.27. The van der Waals surface area contributed by atoms with Gasteiger partial charge in [0.1, 0.15) is 0 Å². The fourth-order valence-corrected chi connectivity index (χ4v) is 1.53. The number of nitrogens with one attached hydrogen (secondary N) is 1. The van der Waals surface area contributed by atoms with Gasteiger partial charge in [0.05, 0.1) is 13.2 Å². The Morgan fingerprint density at radius 1 is 1.28 bits per heavy atom. The summed E-state index contributed by atoms with van der Waals surface area (Å²) in [6, 6.07) is 8.21. The quantitative estimate of drug-likeness (QED) is 0.441. The molecule has 0 saturated carbocycles. The highest BCUT2D eigenvalue weighted by Crippen LogP contribution is 2.06. The van der Waals surface area contributed by atoms with Gasteiger partial charge in [-0.3, -0.25) is 0 Å². The maximum Gasteiger partial charge on any atom is 0.188 e. The number of hydrogen-bond acceptors (Lipinski definition) is 2. The second kappa shape index (κ2) is 8.53. The van der Waals surface area contributed by atoms with Crippen LogP contribution in [-0.2, 0) is 17.9 Å². The Labute approximate surface area is 109 Å². The lowest BCUT2D eigenvalue weighted by atomic mass is 10.1. The van der Waals surface area contributed by atoms with Gasteiger partial charge < -0.3 is 15.8 Å². The fraction of sp³-hybridized carbons (Fsp3) is 0.500. The standard InChI is InChI=1S/C14H23N3O/c1-3-4-9-16-14(15)17-10-12-5-7-13(8-6-12)11-18-2/h5-8H,3-4,9-11H2,1-2H3,(H3,15,16,17). The van der Waals surface area contributed by atoms with Crippen molar-refractivity contribution >= 4 is 5.96 Å². The van der Waals surface area contributed by atoms with Gasteiger partial charge in [0, 0.05) is 13.7 Å². The third-order valence-electron chi connectivity index (χ3n) is 2.60. The maximum absolute atomic E-state index is 5.76. The molecular weight excluding hydrogens is 226 g/mol. The molecule has 1 aromatic rings. The lowest BCUT2D eigenvalue weighted by molar-refractivity contribution is 0.185. The Kier molecular flexibility index (Phi) is 6.87. The molecule has 0 saturated heterocycles. The van der Waals surface area contributed by atoms with Crippen molar-refractivity contribution in [3.8, 4) is 0 Å². The number of unbranched alkanes of at least 4 members (excludes halogenated alkanes) is 1. The van der Waals surface area contributed by atoms with Crippen LogP contribution in [0, 0.1) is 0 Å². The van der Waals surface area contributed by atoms with E-state index < -0.39 is 0 Å². The van der Waals surface area contributed by atoms with Crippen molar-refractivity contribution in [3.05, 3.63) is 35.4 Å². The first-order valence-electron chi connectivity index (χ1n) is 6.36. The van der Waals surface area contributed by atoms with Crippen molar-refractivity contribution < 1.29 is 4.74 Å². The van der Waals surface area contributed by atoms with Crippen LogP contribution in [0.3, 0.4) is 0 Å². The van der Waals surface area contributed by atoms with Crippen LogP contribution in [0.4, 0.5) is 0 Å². The molecule has 0 atom stereocenters. The molecule has 100 valence electrons. The molecule has 0 unspecified atom stereocenters. The number of aliphatic imine (C=N–C) groups is 1. The summed E-state index contributed by atoms with van der Waals surface area (Å²) in [6.45, 7) is 4.29. The molecule has 4 heteroatoms. The molecule has 0 aliphatic carbocycles. The monoisotopic (exact) mass is 249 g/mol. The van der Waals surface area contributed by atoms with Gasteiger partial charge in [-0.25, -0.2) is 4.99 Å². The summed E-state index contributed by atoms with van der Waals surface area (Å²) < 4.78 is 5.06. The Morgan fingerprint density at radius 3 is 2.56 bits per heavy atom. The summed E-state index contributed by atoms with van der Waals surface area (Å²) >= 11 is 0. The third-order valence-corrected chi connectivity index (χ3v) is 2.60. The number of rotatable bonds is 7. The molecule has 18 heavy (non-hydrogen) atoms. The highest BCUT2D eigenvalue weighted by atomic mass is 16.5. The summed E-state index contributed by atoms with van der Waals surface area (Å²) in [5, 5.41) is 3.09. The molecule has 3 N–H and O–H groups in total. The van der Waals surface area contributed by atoms with Crippen molar-refractivity contribution in [1.29, 1.82) is 0 Å². The van der Waals surface area contributed by atoms with Gasteiger partial charge in [-0.2, -0.15) is 0 Å². The fourth-order valence-electron chi connectivity index (χ4n) is 1.53. The molecule has 0 aliphatic rings. The number of nitrogens with zero attached hydrogens (tertiary/aromatic N) is 1. The van der Waals surface area contributed by atoms with Crippen molar-refractivity contribution in [3.63, 3.8) is 0 Å². The molecule has 0 aromatic heterocycles. The van der Waals surface area contributed by atoms with E-state index in [1.165, 1.54) is 5.56 Å². The molecule has 4 nitrogen and oxygen atoms in total. The molecule has 0 aliphatic heterocycles. The number of nitrogens with two attached hydrogens (primary N) is 1. The van der Waals surface area contributed by atoms with Crippen LogP contribution in [-0.4, -0.2) is 19.6 Å². The lowest BCUT2D eigenvalue weighted by Crippen LogP contribution is -2.32. The van der Waals surface area contributed by atoms with Gasteiger partial charge >= 0.3 is 0 Å². The molecule has 0 fully saturated rings. The van der Waals surface area contributed by atoms with Crippen LogP contribution in [0.1, 0.15) is 30.9 Å². The van der Waals surface area contributed by atoms with E-state index >= 15 is 0 Å². The zero-order chi connectivity index (χ0) is 13.2. The third kappa shape index (κ3) is 5.68. The van der Waals surface area contributed by atoms with Crippen molar-refractivity contribution in [2.45, 2.75) is 32.9 Å². The second-order valence-corrected chi connectivity index (χ2v) is 4.23. The minimum absolute atomic E-state index is 0.518. The number of benzene rings is 1. The summed E-state index contributed by atoms with van der Waals surface area (Å²) in [5.41, 5.74) is 8.07. The Hall–Kier alpha value is -1.55. The van der Waals surface area contributed by atoms with Crippen LogP contribution in [0.2, 0.25) is 0 Å². The Morgan fingerprint density at radius 2 is 1.94 bits per heavy atom. The van der Waals surface area contributed by atoms with Gasteiger partial charge in [0.25, 0.3) is 0 Å². The Balaban J connectivity index is 2.39. The van der Waals surface area contributed by atoms with Crippen molar-refractivity contribution in [2.75, 3.05) is 13.7 Å². The van der Waals surface area contributed by atoms with Crippen molar-refractivity contribution in [1.82, 2.24) is 5.32 Å². The predicted molar refractivity (Wildman–Crippen MR) is 75.4 cm³/mol. The van der Waals surface area contributed by atoms with Crippen LogP contribution < -0.4 is 11.1 Å². The lowest BCUT2D eigenvalue weighted by Gasteiger charge is -2.05. The highest BCUT2D eigenvalue weighted by Gasteiger charge is 1.95. The minimum atomic E-state index is 0.518. The number of methoxy groups -OCH3 is 1. The zero-order valence-electron chi connectivity index (χ0n) is 11.3. The van der Waals surface area contributed by atoms with Crippen LogP contribution in [0.15, 0.2) is 29.3 Å². The normalized spacial score (nSPS) is 11.6. The van der Waals surface area contributed by atoms with E-state index in [4.69, 9.17) is 10.5 Å². The van der Waals surface area contributed by atoms with Gasteiger partial charge in [-0.05, 0) is 17.5 Å². The minimum Gasteiger partial charge on any atom is -0.380 e. The number of hydrogen-bond donors (Lipinski definition) is 2. The molecule has 0 radical (unpaired) electrons. The van der Waals surface area contributed by atoms with Gasteiger partial charge in [0.2, 0.25) is 0 Å². The maximum atomic E-state index is 5.76. The van der Waals surface area contributed by atoms with E-state index in [-0.39, 0.29) is 0 Å². The Bertz CT molecular complexity index is 360. The van der Waals surface area contributed by atoms with Gasteiger partial charge in [-0.15, -0.1) is 0 Å². The molecule has 0 amide bonds. The largest absolute Gasteiger partial charge is 0.380 e. The molecule has 1 rings (SSSR count). The smallest absolute Gasteiger partial charge is 0.188 e. The molecular formula is C14H23N3O. The second-order valence-electron chi connectivity index (χ2n) is 4.23. The average Bonchev–Trinajstić information content (AvgIpc) is 2.39. The van der Waals surface area contributed by atoms with E-state index in [1.807, 2.05) is 0 Å². The number of guanidine groups is 1. The van der Waals surface area contributed by atoms with E-state index in [0.29, 0.717) is 19.1 Å². The topological polar surface area (TPSA) is 59.6 Å². The summed E-state index contributed by atoms with van der Waals surface area (Å²) in [5.74, 6) is 0.518. The predicted octanol–water partition coefficient (Wildman–Crippen LogP) is 2.04. The summed E-state index contributed by atoms with van der Waals surface area (Å²) in [7, 11) is 1.70. The van der Waals surface area contributed by atoms with E-state index in [2.05, 4.69) is 41.5 Å². The van der Waals surface area contributed by atoms with Crippen LogP contribution in [0.25, 0.3) is 0 Å². The first-order chi connectivity index (χ1) is 8.76. The van der Waals surface area contributed by atoms with E-state index in [0.717, 1.165) is 24.9 Å². The summed E-state index contributed by atoms with van der Waals surface area (Å²) in [4.78, 5) is 4.29. The van der Waals surface area contributed by atoms with Crippen LogP contribution >= 0.6 is 0 Å². The first kappa shape index (κ1) is 14.5. The SMILES string of the molecule is CCCCNC(N)=NCc1ccc(COC)cc1. The zero-order valence-corrected chi connectivity index (χ0v) is 11.3. The molecule has 0 bridgehead atoms. The number of ether oxygens (including phenoxy) is 1. The van der Waals surface area contributed by atoms with Gasteiger partial charge in [-0.1, -0.05) is 37.6 Å². The average molecular weight is 249 g/mol. The van der Waals surface area contributed by atoms with Gasteiger partial charge in [0.15, 0.2) is 5.96 Å². The van der Waals surface area contributed by atoms with E-state index in [9.17, 15) is 0 Å². The van der Waals surface area contributed by atoms with Crippen molar-refractivity contribution in [2.24, 2.45) is 10.7 Å². The van der Waals surface area contributed by atoms with E-state index in [1.54, 1.807) is 7.11 Å².